The average Bonchev–Trinajstić information content (AvgIpc) is 2.48. The van der Waals surface area contributed by atoms with E-state index in [-0.39, 0.29) is 5.41 Å². The Morgan fingerprint density at radius 2 is 1.45 bits per heavy atom. The van der Waals surface area contributed by atoms with Crippen molar-refractivity contribution in [3.63, 3.8) is 0 Å². The average molecular weight is 152 g/mol. The largest absolute Gasteiger partial charge is 0.388 e. The van der Waals surface area contributed by atoms with Gasteiger partial charge in [0, 0.05) is 5.41 Å². The smallest absolute Gasteiger partial charge is 0.0811 e. The molecule has 2 rings (SSSR count). The zero-order valence-electron chi connectivity index (χ0n) is 6.27. The van der Waals surface area contributed by atoms with E-state index in [0.717, 1.165) is 12.8 Å². The molecule has 0 aromatic carbocycles. The Morgan fingerprint density at radius 1 is 1.00 bits per heavy atom. The Labute approximate surface area is 65.9 Å². The van der Waals surface area contributed by atoms with Crippen molar-refractivity contribution in [1.82, 2.24) is 0 Å². The first kappa shape index (κ1) is 7.07. The molecule has 0 fully saturated rings. The van der Waals surface area contributed by atoms with E-state index in [0.29, 0.717) is 0 Å². The van der Waals surface area contributed by atoms with E-state index in [1.165, 1.54) is 0 Å². The summed E-state index contributed by atoms with van der Waals surface area (Å²) in [4.78, 5) is 0. The molecule has 3 atom stereocenters. The molecule has 0 aromatic heterocycles. The molecule has 2 nitrogen and oxygen atoms in total. The molecule has 11 heavy (non-hydrogen) atoms. The Morgan fingerprint density at radius 3 is 1.73 bits per heavy atom. The van der Waals surface area contributed by atoms with Crippen molar-refractivity contribution < 1.29 is 10.2 Å². The number of rotatable bonds is 0. The van der Waals surface area contributed by atoms with Crippen LogP contribution in [0.15, 0.2) is 24.3 Å². The van der Waals surface area contributed by atoms with Crippen LogP contribution in [0.25, 0.3) is 0 Å². The van der Waals surface area contributed by atoms with Crippen LogP contribution in [0, 0.1) is 5.41 Å². The summed E-state index contributed by atoms with van der Waals surface area (Å²) in [5.41, 5.74) is -0.306. The van der Waals surface area contributed by atoms with E-state index in [4.69, 9.17) is 0 Å². The van der Waals surface area contributed by atoms with Crippen LogP contribution in [0.2, 0.25) is 0 Å². The molecule has 0 aliphatic heterocycles. The SMILES string of the molecule is O[C@@H]1C=CCC12CC=C[C@@H]2O. The van der Waals surface area contributed by atoms with Gasteiger partial charge >= 0.3 is 0 Å². The van der Waals surface area contributed by atoms with Crippen LogP contribution in [0.4, 0.5) is 0 Å². The minimum Gasteiger partial charge on any atom is -0.388 e. The first-order valence-corrected chi connectivity index (χ1v) is 3.95. The highest BCUT2D eigenvalue weighted by Crippen LogP contribution is 2.44. The lowest BCUT2D eigenvalue weighted by molar-refractivity contribution is -0.00472. The summed E-state index contributed by atoms with van der Waals surface area (Å²) in [7, 11) is 0. The van der Waals surface area contributed by atoms with Gasteiger partial charge in [-0.2, -0.15) is 0 Å². The van der Waals surface area contributed by atoms with Gasteiger partial charge in [0.15, 0.2) is 0 Å². The highest BCUT2D eigenvalue weighted by molar-refractivity contribution is 5.22. The number of allylic oxidation sites excluding steroid dienone is 2. The normalized spacial score (nSPS) is 47.8. The lowest BCUT2D eigenvalue weighted by Crippen LogP contribution is -2.37. The van der Waals surface area contributed by atoms with Crippen molar-refractivity contribution in [2.24, 2.45) is 5.41 Å². The van der Waals surface area contributed by atoms with Gasteiger partial charge in [-0.25, -0.2) is 0 Å². The van der Waals surface area contributed by atoms with Gasteiger partial charge in [-0.05, 0) is 12.8 Å². The second-order valence-electron chi connectivity index (χ2n) is 3.39. The number of hydrogen-bond acceptors (Lipinski definition) is 2. The molecule has 0 heterocycles. The highest BCUT2D eigenvalue weighted by Gasteiger charge is 2.45. The molecule has 1 spiro atoms. The maximum Gasteiger partial charge on any atom is 0.0811 e. The van der Waals surface area contributed by atoms with Gasteiger partial charge in [-0.1, -0.05) is 24.3 Å². The van der Waals surface area contributed by atoms with Gasteiger partial charge in [-0.3, -0.25) is 0 Å². The zero-order chi connectivity index (χ0) is 7.90. The predicted octanol–water partition coefficient (Wildman–Crippen LogP) is 0.614. The molecule has 0 bridgehead atoms. The van der Waals surface area contributed by atoms with Crippen molar-refractivity contribution in [3.05, 3.63) is 24.3 Å². The fraction of sp³-hybridized carbons (Fsp3) is 0.556. The standard InChI is InChI=1S/C9H12O2/c10-7-3-1-5-9(7)6-2-4-8(9)11/h1-4,7-8,10-11H,5-6H2/t7-,8+,9?. The molecule has 0 aromatic rings. The monoisotopic (exact) mass is 152 g/mol. The molecule has 2 heteroatoms. The third-order valence-corrected chi connectivity index (χ3v) is 2.81. The second kappa shape index (κ2) is 2.19. The molecule has 60 valence electrons. The number of aliphatic hydroxyl groups excluding tert-OH is 2. The van der Waals surface area contributed by atoms with Gasteiger partial charge in [0.05, 0.1) is 12.2 Å². The third-order valence-electron chi connectivity index (χ3n) is 2.81. The second-order valence-corrected chi connectivity index (χ2v) is 3.39. The third kappa shape index (κ3) is 0.798. The Hall–Kier alpha value is -0.600. The van der Waals surface area contributed by atoms with Gasteiger partial charge in [0.2, 0.25) is 0 Å². The highest BCUT2D eigenvalue weighted by atomic mass is 16.3. The Bertz CT molecular complexity index is 194. The lowest BCUT2D eigenvalue weighted by atomic mass is 9.79. The first-order chi connectivity index (χ1) is 5.26. The Kier molecular flexibility index (Phi) is 1.41. The van der Waals surface area contributed by atoms with Crippen molar-refractivity contribution in [2.45, 2.75) is 25.0 Å². The molecule has 0 amide bonds. The van der Waals surface area contributed by atoms with E-state index in [1.807, 2.05) is 12.2 Å². The fourth-order valence-corrected chi connectivity index (χ4v) is 1.96. The maximum atomic E-state index is 9.56. The van der Waals surface area contributed by atoms with Crippen molar-refractivity contribution in [1.29, 1.82) is 0 Å². The molecule has 0 radical (unpaired) electrons. The van der Waals surface area contributed by atoms with E-state index in [9.17, 15) is 10.2 Å². The number of aliphatic hydroxyl groups is 2. The van der Waals surface area contributed by atoms with E-state index in [2.05, 4.69) is 0 Å². The van der Waals surface area contributed by atoms with Gasteiger partial charge in [0.25, 0.3) is 0 Å². The molecule has 0 saturated carbocycles. The van der Waals surface area contributed by atoms with Gasteiger partial charge in [0.1, 0.15) is 0 Å². The summed E-state index contributed by atoms with van der Waals surface area (Å²) in [6.45, 7) is 0. The molecular weight excluding hydrogens is 140 g/mol. The lowest BCUT2D eigenvalue weighted by Gasteiger charge is -2.31. The van der Waals surface area contributed by atoms with Crippen molar-refractivity contribution in [2.75, 3.05) is 0 Å². The van der Waals surface area contributed by atoms with Crippen LogP contribution in [-0.4, -0.2) is 22.4 Å². The van der Waals surface area contributed by atoms with E-state index < -0.39 is 12.2 Å². The molecule has 1 unspecified atom stereocenters. The van der Waals surface area contributed by atoms with Crippen LogP contribution >= 0.6 is 0 Å². The van der Waals surface area contributed by atoms with E-state index in [1.54, 1.807) is 12.2 Å². The molecule has 2 aliphatic carbocycles. The fourth-order valence-electron chi connectivity index (χ4n) is 1.96. The van der Waals surface area contributed by atoms with Crippen LogP contribution in [-0.2, 0) is 0 Å². The van der Waals surface area contributed by atoms with Crippen LogP contribution in [0.5, 0.6) is 0 Å². The summed E-state index contributed by atoms with van der Waals surface area (Å²) >= 11 is 0. The zero-order valence-corrected chi connectivity index (χ0v) is 6.27. The topological polar surface area (TPSA) is 40.5 Å². The van der Waals surface area contributed by atoms with Crippen LogP contribution < -0.4 is 0 Å². The Balaban J connectivity index is 2.24. The van der Waals surface area contributed by atoms with Crippen molar-refractivity contribution in [3.8, 4) is 0 Å². The first-order valence-electron chi connectivity index (χ1n) is 3.95. The van der Waals surface area contributed by atoms with Crippen molar-refractivity contribution >= 4 is 0 Å². The van der Waals surface area contributed by atoms with E-state index >= 15 is 0 Å². The summed E-state index contributed by atoms with van der Waals surface area (Å²) in [5.74, 6) is 0. The van der Waals surface area contributed by atoms with Crippen LogP contribution in [0.3, 0.4) is 0 Å². The summed E-state index contributed by atoms with van der Waals surface area (Å²) in [5, 5.41) is 19.1. The minimum atomic E-state index is -0.465. The maximum absolute atomic E-state index is 9.56. The summed E-state index contributed by atoms with van der Waals surface area (Å²) in [6, 6.07) is 0. The molecule has 2 aliphatic rings. The van der Waals surface area contributed by atoms with Crippen LogP contribution in [0.1, 0.15) is 12.8 Å². The molecule has 2 N–H and O–H groups in total. The summed E-state index contributed by atoms with van der Waals surface area (Å²) < 4.78 is 0. The number of hydrogen-bond donors (Lipinski definition) is 2. The molecular formula is C9H12O2. The van der Waals surface area contributed by atoms with Gasteiger partial charge < -0.3 is 10.2 Å². The molecule has 0 saturated heterocycles. The minimum absolute atomic E-state index is 0.306. The summed E-state index contributed by atoms with van der Waals surface area (Å²) in [6.07, 6.45) is 8.10. The van der Waals surface area contributed by atoms with Gasteiger partial charge in [-0.15, -0.1) is 0 Å². The predicted molar refractivity (Wildman–Crippen MR) is 42.0 cm³/mol. The quantitative estimate of drug-likeness (QED) is 0.499.